The molecular weight excluding hydrogens is 260 g/mol. The van der Waals surface area contributed by atoms with Crippen molar-refractivity contribution in [2.75, 3.05) is 5.73 Å². The number of nitrogens with one attached hydrogen (secondary N) is 1. The number of hydrogen-bond acceptors (Lipinski definition) is 2. The molecule has 0 aliphatic heterocycles. The van der Waals surface area contributed by atoms with Gasteiger partial charge in [0, 0.05) is 33.1 Å². The zero-order valence-corrected chi connectivity index (χ0v) is 11.3. The van der Waals surface area contributed by atoms with E-state index in [9.17, 15) is 5.11 Å². The zero-order valence-electron chi connectivity index (χ0n) is 11.3. The van der Waals surface area contributed by atoms with E-state index >= 15 is 0 Å². The molecule has 3 nitrogen and oxygen atoms in total. The van der Waals surface area contributed by atoms with Crippen LogP contribution in [0.2, 0.25) is 0 Å². The summed E-state index contributed by atoms with van der Waals surface area (Å²) in [6, 6.07) is 19.4. The second kappa shape index (κ2) is 4.28. The van der Waals surface area contributed by atoms with E-state index in [0.29, 0.717) is 11.3 Å². The van der Waals surface area contributed by atoms with Crippen molar-refractivity contribution in [3.8, 4) is 16.9 Å². The Bertz CT molecular complexity index is 949. The number of H-pyrrole nitrogens is 1. The minimum Gasteiger partial charge on any atom is -0.507 e. The molecule has 0 aliphatic rings. The Morgan fingerprint density at radius 1 is 0.810 bits per heavy atom. The number of hydrogen-bond donors (Lipinski definition) is 3. The van der Waals surface area contributed by atoms with Gasteiger partial charge in [0.15, 0.2) is 0 Å². The average Bonchev–Trinajstić information content (AvgIpc) is 2.87. The van der Waals surface area contributed by atoms with Crippen LogP contribution < -0.4 is 5.73 Å². The van der Waals surface area contributed by atoms with Crippen LogP contribution in [-0.4, -0.2) is 10.1 Å². The van der Waals surface area contributed by atoms with Crippen molar-refractivity contribution in [1.29, 1.82) is 0 Å². The third-order valence-corrected chi connectivity index (χ3v) is 3.89. The lowest BCUT2D eigenvalue weighted by molar-refractivity contribution is 0.477. The molecule has 3 aromatic carbocycles. The molecule has 4 N–H and O–H groups in total. The maximum atomic E-state index is 10.2. The van der Waals surface area contributed by atoms with Crippen molar-refractivity contribution in [2.45, 2.75) is 0 Å². The summed E-state index contributed by atoms with van der Waals surface area (Å²) in [5.41, 5.74) is 10.3. The van der Waals surface area contributed by atoms with Crippen molar-refractivity contribution in [2.24, 2.45) is 0 Å². The molecule has 0 unspecified atom stereocenters. The lowest BCUT2D eigenvalue weighted by Gasteiger charge is -2.09. The first-order chi connectivity index (χ1) is 10.3. The molecule has 3 heteroatoms. The van der Waals surface area contributed by atoms with Crippen molar-refractivity contribution in [3.63, 3.8) is 0 Å². The van der Waals surface area contributed by atoms with Crippen molar-refractivity contribution in [1.82, 2.24) is 4.98 Å². The molecule has 0 aliphatic carbocycles. The number of anilines is 1. The molecule has 21 heavy (non-hydrogen) atoms. The third kappa shape index (κ3) is 1.68. The van der Waals surface area contributed by atoms with Crippen LogP contribution in [0.4, 0.5) is 5.69 Å². The lowest BCUT2D eigenvalue weighted by atomic mass is 9.99. The summed E-state index contributed by atoms with van der Waals surface area (Å²) >= 11 is 0. The highest BCUT2D eigenvalue weighted by molar-refractivity contribution is 6.12. The summed E-state index contributed by atoms with van der Waals surface area (Å²) in [7, 11) is 0. The summed E-state index contributed by atoms with van der Waals surface area (Å²) in [6.07, 6.45) is 0. The Balaban J connectivity index is 2.15. The Kier molecular flexibility index (Phi) is 2.42. The lowest BCUT2D eigenvalue weighted by Crippen LogP contribution is -1.91. The largest absolute Gasteiger partial charge is 0.507 e. The molecule has 1 aromatic heterocycles. The second-order valence-corrected chi connectivity index (χ2v) is 5.14. The molecule has 0 atom stereocenters. The number of aromatic amines is 1. The molecular formula is C18H14N2O. The van der Waals surface area contributed by atoms with E-state index in [1.54, 1.807) is 18.2 Å². The van der Waals surface area contributed by atoms with Crippen LogP contribution in [0.1, 0.15) is 0 Å². The van der Waals surface area contributed by atoms with Crippen LogP contribution in [-0.2, 0) is 0 Å². The highest BCUT2D eigenvalue weighted by atomic mass is 16.3. The number of benzene rings is 3. The smallest absolute Gasteiger partial charge is 0.125 e. The minimum absolute atomic E-state index is 0.196. The molecule has 102 valence electrons. The van der Waals surface area contributed by atoms with Crippen LogP contribution in [0.3, 0.4) is 0 Å². The molecule has 0 saturated carbocycles. The second-order valence-electron chi connectivity index (χ2n) is 5.14. The number of fused-ring (bicyclic) bond motifs is 3. The summed E-state index contributed by atoms with van der Waals surface area (Å²) in [6.45, 7) is 0. The van der Waals surface area contributed by atoms with Gasteiger partial charge in [-0.3, -0.25) is 0 Å². The predicted molar refractivity (Wildman–Crippen MR) is 87.3 cm³/mol. The number of phenols is 1. The van der Waals surface area contributed by atoms with Crippen LogP contribution in [0.15, 0.2) is 60.7 Å². The van der Waals surface area contributed by atoms with Gasteiger partial charge in [-0.1, -0.05) is 42.5 Å². The van der Waals surface area contributed by atoms with Gasteiger partial charge in [0.1, 0.15) is 5.75 Å². The number of aromatic hydroxyl groups is 1. The highest BCUT2D eigenvalue weighted by Crippen LogP contribution is 2.39. The van der Waals surface area contributed by atoms with E-state index in [1.807, 2.05) is 30.3 Å². The maximum absolute atomic E-state index is 10.2. The van der Waals surface area contributed by atoms with Crippen LogP contribution in [0.25, 0.3) is 32.9 Å². The number of phenolic OH excluding ortho intramolecular Hbond substituents is 1. The number of para-hydroxylation sites is 2. The van der Waals surface area contributed by atoms with Gasteiger partial charge >= 0.3 is 0 Å². The molecule has 1 heterocycles. The van der Waals surface area contributed by atoms with Gasteiger partial charge in [-0.25, -0.2) is 0 Å². The Labute approximate surface area is 121 Å². The van der Waals surface area contributed by atoms with Gasteiger partial charge < -0.3 is 15.8 Å². The van der Waals surface area contributed by atoms with Crippen LogP contribution in [0, 0.1) is 0 Å². The van der Waals surface area contributed by atoms with Gasteiger partial charge in [-0.15, -0.1) is 0 Å². The van der Waals surface area contributed by atoms with E-state index in [2.05, 4.69) is 17.1 Å². The predicted octanol–water partition coefficient (Wildman–Crippen LogP) is 4.28. The number of nitrogen functional groups attached to an aromatic ring is 1. The highest BCUT2D eigenvalue weighted by Gasteiger charge is 2.14. The standard InChI is InChI=1S/C18H14N2O/c19-14-8-4-10-16(21)17(14)13-7-3-6-12-11-5-1-2-9-15(11)20-18(12)13/h1-10,20-21H,19H2. The number of nitrogens with two attached hydrogens (primary N) is 1. The summed E-state index contributed by atoms with van der Waals surface area (Å²) in [4.78, 5) is 3.43. The van der Waals surface area contributed by atoms with E-state index in [4.69, 9.17) is 5.73 Å². The fourth-order valence-electron chi connectivity index (χ4n) is 2.93. The first-order valence-corrected chi connectivity index (χ1v) is 6.83. The monoisotopic (exact) mass is 274 g/mol. The SMILES string of the molecule is Nc1cccc(O)c1-c1cccc2c1[nH]c1ccccc12. The van der Waals surface area contributed by atoms with E-state index in [-0.39, 0.29) is 5.75 Å². The quantitative estimate of drug-likeness (QED) is 0.454. The molecule has 0 fully saturated rings. The molecule has 0 saturated heterocycles. The first-order valence-electron chi connectivity index (χ1n) is 6.83. The zero-order chi connectivity index (χ0) is 14.4. The van der Waals surface area contributed by atoms with Gasteiger partial charge in [-0.2, -0.15) is 0 Å². The van der Waals surface area contributed by atoms with Crippen molar-refractivity contribution < 1.29 is 5.11 Å². The molecule has 0 spiro atoms. The van der Waals surface area contributed by atoms with E-state index < -0.39 is 0 Å². The fraction of sp³-hybridized carbons (Fsp3) is 0. The van der Waals surface area contributed by atoms with Gasteiger partial charge in [0.2, 0.25) is 0 Å². The van der Waals surface area contributed by atoms with Crippen molar-refractivity contribution in [3.05, 3.63) is 60.7 Å². The average molecular weight is 274 g/mol. The summed E-state index contributed by atoms with van der Waals surface area (Å²) in [5, 5.41) is 12.5. The van der Waals surface area contributed by atoms with E-state index in [1.165, 1.54) is 5.39 Å². The topological polar surface area (TPSA) is 62.0 Å². The Morgan fingerprint density at radius 2 is 1.57 bits per heavy atom. The molecule has 0 radical (unpaired) electrons. The number of rotatable bonds is 1. The molecule has 4 rings (SSSR count). The molecule has 4 aromatic rings. The fourth-order valence-corrected chi connectivity index (χ4v) is 2.93. The molecule has 0 bridgehead atoms. The Hall–Kier alpha value is -2.94. The van der Waals surface area contributed by atoms with E-state index in [0.717, 1.165) is 22.0 Å². The van der Waals surface area contributed by atoms with Gasteiger partial charge in [-0.05, 0) is 18.2 Å². The molecule has 0 amide bonds. The van der Waals surface area contributed by atoms with Crippen LogP contribution in [0.5, 0.6) is 5.75 Å². The summed E-state index contributed by atoms with van der Waals surface area (Å²) < 4.78 is 0. The first kappa shape index (κ1) is 11.9. The third-order valence-electron chi connectivity index (χ3n) is 3.89. The maximum Gasteiger partial charge on any atom is 0.125 e. The van der Waals surface area contributed by atoms with Crippen molar-refractivity contribution >= 4 is 27.5 Å². The van der Waals surface area contributed by atoms with Gasteiger partial charge in [0.25, 0.3) is 0 Å². The normalized spacial score (nSPS) is 11.2. The van der Waals surface area contributed by atoms with Gasteiger partial charge in [0.05, 0.1) is 5.52 Å². The van der Waals surface area contributed by atoms with Crippen LogP contribution >= 0.6 is 0 Å². The summed E-state index contributed by atoms with van der Waals surface area (Å²) in [5.74, 6) is 0.196. The minimum atomic E-state index is 0.196. The number of aromatic nitrogens is 1. The Morgan fingerprint density at radius 3 is 2.43 bits per heavy atom.